The fraction of sp³-hybridized carbons (Fsp3) is 0.462. The molecule has 0 spiro atoms. The molecule has 0 bridgehead atoms. The largest absolute Gasteiger partial charge is 0.313 e. The number of thiazole rings is 1. The number of carbonyl (C=O) groups is 1. The number of nitrogens with one attached hydrogen (secondary N) is 1. The van der Waals surface area contributed by atoms with Crippen LogP contribution in [-0.2, 0) is 17.3 Å². The SMILES string of the molecule is CC(=O)Nc1cc(C(C)(C)c2cnc(C)s2)[n+](C)s1. The van der Waals surface area contributed by atoms with E-state index in [4.69, 9.17) is 0 Å². The predicted molar refractivity (Wildman–Crippen MR) is 78.8 cm³/mol. The summed E-state index contributed by atoms with van der Waals surface area (Å²) in [6.07, 6.45) is 1.94. The Balaban J connectivity index is 2.40. The Morgan fingerprint density at radius 2 is 2.16 bits per heavy atom. The highest BCUT2D eigenvalue weighted by atomic mass is 32.1. The zero-order valence-corrected chi connectivity index (χ0v) is 13.4. The van der Waals surface area contributed by atoms with Crippen molar-refractivity contribution in [3.63, 3.8) is 0 Å². The van der Waals surface area contributed by atoms with Gasteiger partial charge in [0.1, 0.15) is 0 Å². The van der Waals surface area contributed by atoms with Crippen molar-refractivity contribution < 1.29 is 8.75 Å². The van der Waals surface area contributed by atoms with Gasteiger partial charge in [0, 0.05) is 24.1 Å². The lowest BCUT2D eigenvalue weighted by Crippen LogP contribution is -2.36. The minimum Gasteiger partial charge on any atom is -0.313 e. The number of hydrogen-bond acceptors (Lipinski definition) is 4. The Hall–Kier alpha value is -1.27. The molecule has 4 nitrogen and oxygen atoms in total. The van der Waals surface area contributed by atoms with E-state index in [1.165, 1.54) is 29.0 Å². The van der Waals surface area contributed by atoms with Crippen LogP contribution in [-0.4, -0.2) is 10.9 Å². The van der Waals surface area contributed by atoms with Crippen LogP contribution >= 0.6 is 22.9 Å². The molecule has 2 aromatic rings. The minimum absolute atomic E-state index is 0.0418. The van der Waals surface area contributed by atoms with E-state index in [9.17, 15) is 4.79 Å². The molecule has 102 valence electrons. The summed E-state index contributed by atoms with van der Waals surface area (Å²) in [5.41, 5.74) is 1.05. The molecule has 0 atom stereocenters. The first-order valence-electron chi connectivity index (χ1n) is 6.02. The van der Waals surface area contributed by atoms with Gasteiger partial charge in [-0.1, -0.05) is 0 Å². The molecular weight excluding hydrogens is 278 g/mol. The second-order valence-corrected chi connectivity index (χ2v) is 7.44. The van der Waals surface area contributed by atoms with Crippen molar-refractivity contribution >= 4 is 33.8 Å². The van der Waals surface area contributed by atoms with Crippen molar-refractivity contribution in [1.29, 1.82) is 0 Å². The standard InChI is InChI=1S/C13H17N3OS2/c1-8(17)15-12-6-10(16(5)19-12)13(3,4)11-7-14-9(2)18-11/h6-7H,1-5H3/p+1. The number of nitrogens with zero attached hydrogens (tertiary/aromatic N) is 2. The van der Waals surface area contributed by atoms with Gasteiger partial charge in [0.15, 0.2) is 23.6 Å². The van der Waals surface area contributed by atoms with Crippen LogP contribution in [0.25, 0.3) is 0 Å². The fourth-order valence-electron chi connectivity index (χ4n) is 2.02. The van der Waals surface area contributed by atoms with Gasteiger partial charge in [0.05, 0.1) is 10.4 Å². The average molecular weight is 296 g/mol. The molecule has 2 aromatic heterocycles. The van der Waals surface area contributed by atoms with Crippen molar-refractivity contribution in [3.05, 3.63) is 27.8 Å². The van der Waals surface area contributed by atoms with E-state index in [0.717, 1.165) is 10.0 Å². The second-order valence-electron chi connectivity index (χ2n) is 5.03. The van der Waals surface area contributed by atoms with E-state index in [-0.39, 0.29) is 11.3 Å². The maximum atomic E-state index is 11.1. The molecule has 0 aliphatic carbocycles. The number of anilines is 1. The fourth-order valence-corrected chi connectivity index (χ4v) is 3.94. The van der Waals surface area contributed by atoms with Crippen LogP contribution in [0.15, 0.2) is 12.3 Å². The molecule has 0 aliphatic rings. The number of rotatable bonds is 3. The molecule has 0 fully saturated rings. The van der Waals surface area contributed by atoms with Gasteiger partial charge < -0.3 is 5.32 Å². The minimum atomic E-state index is -0.117. The summed E-state index contributed by atoms with van der Waals surface area (Å²) in [5, 5.41) is 4.79. The first-order valence-corrected chi connectivity index (χ1v) is 7.61. The Morgan fingerprint density at radius 1 is 1.47 bits per heavy atom. The highest BCUT2D eigenvalue weighted by molar-refractivity contribution is 7.11. The van der Waals surface area contributed by atoms with Gasteiger partial charge in [0.2, 0.25) is 11.6 Å². The molecule has 1 N–H and O–H groups in total. The molecule has 19 heavy (non-hydrogen) atoms. The van der Waals surface area contributed by atoms with Crippen LogP contribution in [0.4, 0.5) is 5.00 Å². The summed E-state index contributed by atoms with van der Waals surface area (Å²) in [6, 6.07) is 2.04. The molecule has 0 saturated heterocycles. The first-order chi connectivity index (χ1) is 8.80. The lowest BCUT2D eigenvalue weighted by molar-refractivity contribution is -0.612. The molecule has 0 unspecified atom stereocenters. The highest BCUT2D eigenvalue weighted by Crippen LogP contribution is 2.35. The van der Waals surface area contributed by atoms with Gasteiger partial charge in [-0.05, 0) is 20.8 Å². The van der Waals surface area contributed by atoms with Crippen LogP contribution in [0.1, 0.15) is 36.3 Å². The van der Waals surface area contributed by atoms with E-state index >= 15 is 0 Å². The van der Waals surface area contributed by atoms with Crippen LogP contribution in [0, 0.1) is 6.92 Å². The van der Waals surface area contributed by atoms with Gasteiger partial charge in [0.25, 0.3) is 0 Å². The summed E-state index contributed by atoms with van der Waals surface area (Å²) in [4.78, 5) is 16.7. The van der Waals surface area contributed by atoms with E-state index in [0.29, 0.717) is 0 Å². The van der Waals surface area contributed by atoms with Gasteiger partial charge >= 0.3 is 0 Å². The van der Waals surface area contributed by atoms with E-state index in [1.54, 1.807) is 11.3 Å². The maximum Gasteiger partial charge on any atom is 0.222 e. The number of hydrogen-bond donors (Lipinski definition) is 1. The smallest absolute Gasteiger partial charge is 0.222 e. The molecular formula is C13H18N3OS2+. The van der Waals surface area contributed by atoms with Crippen LogP contribution in [0.3, 0.4) is 0 Å². The third-order valence-corrected chi connectivity index (χ3v) is 5.14. The predicted octanol–water partition coefficient (Wildman–Crippen LogP) is 2.62. The number of aryl methyl sites for hydroxylation is 2. The summed E-state index contributed by atoms with van der Waals surface area (Å²) in [7, 11) is 2.01. The summed E-state index contributed by atoms with van der Waals surface area (Å²) < 4.78 is 2.10. The zero-order valence-electron chi connectivity index (χ0n) is 11.8. The summed E-state index contributed by atoms with van der Waals surface area (Å²) in [6.45, 7) is 7.90. The normalized spacial score (nSPS) is 11.6. The van der Waals surface area contributed by atoms with Gasteiger partial charge in [-0.25, -0.2) is 4.98 Å². The number of aromatic nitrogens is 2. The number of amides is 1. The molecule has 0 radical (unpaired) electrons. The molecule has 2 heterocycles. The molecule has 2 rings (SSSR count). The van der Waals surface area contributed by atoms with Crippen molar-refractivity contribution in [2.75, 3.05) is 5.32 Å². The van der Waals surface area contributed by atoms with Crippen molar-refractivity contribution in [1.82, 2.24) is 4.98 Å². The van der Waals surface area contributed by atoms with Crippen molar-refractivity contribution in [2.24, 2.45) is 7.05 Å². The highest BCUT2D eigenvalue weighted by Gasteiger charge is 2.35. The van der Waals surface area contributed by atoms with Crippen LogP contribution < -0.4 is 9.27 Å². The number of carbonyl (C=O) groups excluding carboxylic acids is 1. The van der Waals surface area contributed by atoms with E-state index in [1.807, 2.05) is 26.2 Å². The van der Waals surface area contributed by atoms with Crippen LogP contribution in [0.2, 0.25) is 0 Å². The lowest BCUT2D eigenvalue weighted by atomic mass is 9.88. The molecule has 0 aliphatic heterocycles. The molecule has 0 aromatic carbocycles. The zero-order chi connectivity index (χ0) is 14.2. The van der Waals surface area contributed by atoms with E-state index < -0.39 is 0 Å². The topological polar surface area (TPSA) is 45.9 Å². The monoisotopic (exact) mass is 296 g/mol. The van der Waals surface area contributed by atoms with Gasteiger partial charge in [-0.3, -0.25) is 4.79 Å². The second kappa shape index (κ2) is 5.02. The van der Waals surface area contributed by atoms with Crippen LogP contribution in [0.5, 0.6) is 0 Å². The lowest BCUT2D eigenvalue weighted by Gasteiger charge is -2.17. The van der Waals surface area contributed by atoms with Gasteiger partial charge in [-0.15, -0.1) is 15.3 Å². The van der Waals surface area contributed by atoms with Gasteiger partial charge in [-0.2, -0.15) is 0 Å². The third kappa shape index (κ3) is 2.84. The quantitative estimate of drug-likeness (QED) is 0.885. The van der Waals surface area contributed by atoms with Crippen molar-refractivity contribution in [2.45, 2.75) is 33.1 Å². The summed E-state index contributed by atoms with van der Waals surface area (Å²) in [5.74, 6) is -0.0418. The maximum absolute atomic E-state index is 11.1. The Kier molecular flexibility index (Phi) is 3.73. The summed E-state index contributed by atoms with van der Waals surface area (Å²) >= 11 is 3.25. The molecule has 6 heteroatoms. The average Bonchev–Trinajstić information content (AvgIpc) is 2.85. The Morgan fingerprint density at radius 3 is 2.68 bits per heavy atom. The molecule has 0 saturated carbocycles. The molecule has 1 amide bonds. The van der Waals surface area contributed by atoms with Crippen molar-refractivity contribution in [3.8, 4) is 0 Å². The van der Waals surface area contributed by atoms with E-state index in [2.05, 4.69) is 28.1 Å². The Bertz CT molecular complexity index is 613. The Labute approximate surface area is 121 Å². The first kappa shape index (κ1) is 14.1. The third-order valence-electron chi connectivity index (χ3n) is 3.02.